The zero-order valence-electron chi connectivity index (χ0n) is 13.9. The van der Waals surface area contributed by atoms with Crippen LogP contribution in [-0.2, 0) is 9.84 Å². The molecule has 0 unspecified atom stereocenters. The van der Waals surface area contributed by atoms with Crippen LogP contribution in [0.5, 0.6) is 0 Å². The minimum atomic E-state index is -3.60. The first kappa shape index (κ1) is 17.7. The number of nitrogens with two attached hydrogens (primary N) is 1. The number of carbonyl (C=O) groups excluding carboxylic acids is 2. The number of furan rings is 1. The van der Waals surface area contributed by atoms with Gasteiger partial charge in [0.1, 0.15) is 11.3 Å². The number of fused-ring (bicyclic) bond motifs is 1. The van der Waals surface area contributed by atoms with Crippen LogP contribution in [0.2, 0.25) is 0 Å². The number of rotatable bonds is 5. The first-order valence-corrected chi connectivity index (χ1v) is 9.45. The van der Waals surface area contributed by atoms with Crippen LogP contribution < -0.4 is 11.1 Å². The largest absolute Gasteiger partial charge is 0.449 e. The van der Waals surface area contributed by atoms with Crippen LogP contribution in [0, 0.1) is 0 Å². The lowest BCUT2D eigenvalue weighted by Gasteiger charge is -2.10. The van der Waals surface area contributed by atoms with E-state index in [1.807, 2.05) is 0 Å². The van der Waals surface area contributed by atoms with Crippen molar-refractivity contribution in [1.29, 1.82) is 0 Å². The summed E-state index contributed by atoms with van der Waals surface area (Å²) in [6.07, 6.45) is 0. The van der Waals surface area contributed by atoms with Crippen molar-refractivity contribution in [2.24, 2.45) is 5.73 Å². The van der Waals surface area contributed by atoms with Gasteiger partial charge in [-0.1, -0.05) is 31.2 Å². The monoisotopic (exact) mass is 372 g/mol. The summed E-state index contributed by atoms with van der Waals surface area (Å²) in [7, 11) is -3.60. The molecule has 0 atom stereocenters. The number of carbonyl (C=O) groups is 2. The van der Waals surface area contributed by atoms with Crippen molar-refractivity contribution < 1.29 is 22.4 Å². The Bertz CT molecular complexity index is 1120. The Labute approximate surface area is 149 Å². The number of nitrogens with one attached hydrogen (secondary N) is 1. The number of hydrogen-bond donors (Lipinski definition) is 2. The molecule has 0 spiro atoms. The third-order valence-corrected chi connectivity index (χ3v) is 5.69. The maximum atomic E-state index is 12.7. The van der Waals surface area contributed by atoms with Crippen LogP contribution >= 0.6 is 0 Å². The Kier molecular flexibility index (Phi) is 4.52. The van der Waals surface area contributed by atoms with E-state index in [0.29, 0.717) is 11.0 Å². The molecule has 2 amide bonds. The summed E-state index contributed by atoms with van der Waals surface area (Å²) < 4.78 is 29.9. The molecule has 26 heavy (non-hydrogen) atoms. The van der Waals surface area contributed by atoms with Crippen molar-refractivity contribution >= 4 is 38.3 Å². The summed E-state index contributed by atoms with van der Waals surface area (Å²) in [5.41, 5.74) is 5.81. The Morgan fingerprint density at radius 1 is 1.08 bits per heavy atom. The number of para-hydroxylation sites is 1. The quantitative estimate of drug-likeness (QED) is 0.713. The predicted octanol–water partition coefficient (Wildman–Crippen LogP) is 2.58. The van der Waals surface area contributed by atoms with Gasteiger partial charge >= 0.3 is 0 Å². The SMILES string of the molecule is CCS(=O)(=O)c1ccccc1C(=O)Nc1c(C(N)=O)oc2ccccc12. The average Bonchev–Trinajstić information content (AvgIpc) is 3.00. The minimum absolute atomic E-state index is 0.0185. The van der Waals surface area contributed by atoms with Crippen molar-refractivity contribution in [3.63, 3.8) is 0 Å². The lowest BCUT2D eigenvalue weighted by atomic mass is 10.1. The van der Waals surface area contributed by atoms with Crippen molar-refractivity contribution in [3.8, 4) is 0 Å². The van der Waals surface area contributed by atoms with Crippen LogP contribution in [0.3, 0.4) is 0 Å². The minimum Gasteiger partial charge on any atom is -0.449 e. The van der Waals surface area contributed by atoms with E-state index in [0.717, 1.165) is 0 Å². The van der Waals surface area contributed by atoms with Crippen LogP contribution in [0.1, 0.15) is 27.8 Å². The summed E-state index contributed by atoms with van der Waals surface area (Å²) in [6, 6.07) is 12.6. The van der Waals surface area contributed by atoms with Gasteiger partial charge in [0.25, 0.3) is 11.8 Å². The fourth-order valence-corrected chi connectivity index (χ4v) is 3.70. The zero-order valence-corrected chi connectivity index (χ0v) is 14.7. The molecule has 1 heterocycles. The van der Waals surface area contributed by atoms with E-state index in [4.69, 9.17) is 10.2 Å². The van der Waals surface area contributed by atoms with Gasteiger partial charge in [0.05, 0.1) is 16.2 Å². The number of sulfone groups is 1. The first-order valence-electron chi connectivity index (χ1n) is 7.79. The van der Waals surface area contributed by atoms with Gasteiger partial charge < -0.3 is 15.5 Å². The third kappa shape index (κ3) is 3.06. The number of benzene rings is 2. The predicted molar refractivity (Wildman–Crippen MR) is 96.9 cm³/mol. The lowest BCUT2D eigenvalue weighted by Crippen LogP contribution is -2.19. The molecule has 2 aromatic carbocycles. The van der Waals surface area contributed by atoms with Gasteiger partial charge in [-0.2, -0.15) is 0 Å². The van der Waals surface area contributed by atoms with Gasteiger partial charge in [0.2, 0.25) is 5.76 Å². The van der Waals surface area contributed by atoms with Crippen molar-refractivity contribution in [1.82, 2.24) is 0 Å². The van der Waals surface area contributed by atoms with Crippen LogP contribution in [0.4, 0.5) is 5.69 Å². The molecule has 0 saturated heterocycles. The Morgan fingerprint density at radius 2 is 1.73 bits per heavy atom. The van der Waals surface area contributed by atoms with Gasteiger partial charge in [-0.05, 0) is 24.3 Å². The number of amides is 2. The number of hydrogen-bond acceptors (Lipinski definition) is 5. The van der Waals surface area contributed by atoms with Gasteiger partial charge in [0, 0.05) is 5.39 Å². The highest BCUT2D eigenvalue weighted by atomic mass is 32.2. The second-order valence-electron chi connectivity index (χ2n) is 5.52. The fraction of sp³-hybridized carbons (Fsp3) is 0.111. The van der Waals surface area contributed by atoms with Crippen LogP contribution in [0.15, 0.2) is 57.8 Å². The zero-order chi connectivity index (χ0) is 18.9. The number of anilines is 1. The molecule has 3 rings (SSSR count). The summed E-state index contributed by atoms with van der Waals surface area (Å²) >= 11 is 0. The molecule has 0 aliphatic rings. The van der Waals surface area contributed by atoms with Gasteiger partial charge in [0.15, 0.2) is 9.84 Å². The molecule has 0 aliphatic heterocycles. The first-order chi connectivity index (χ1) is 12.3. The van der Waals surface area contributed by atoms with Gasteiger partial charge in [-0.15, -0.1) is 0 Å². The molecule has 3 aromatic rings. The molecular weight excluding hydrogens is 356 g/mol. The third-order valence-electron chi connectivity index (χ3n) is 3.90. The molecular formula is C18H16N2O5S. The fourth-order valence-electron chi connectivity index (χ4n) is 2.60. The molecule has 0 fully saturated rings. The van der Waals surface area contributed by atoms with Gasteiger partial charge in [-0.3, -0.25) is 9.59 Å². The van der Waals surface area contributed by atoms with E-state index in [2.05, 4.69) is 5.32 Å². The van der Waals surface area contributed by atoms with Crippen molar-refractivity contribution in [2.45, 2.75) is 11.8 Å². The van der Waals surface area contributed by atoms with Crippen molar-refractivity contribution in [2.75, 3.05) is 11.1 Å². The molecule has 8 heteroatoms. The highest BCUT2D eigenvalue weighted by molar-refractivity contribution is 7.91. The summed E-state index contributed by atoms with van der Waals surface area (Å²) in [6.45, 7) is 1.50. The van der Waals surface area contributed by atoms with Gasteiger partial charge in [-0.25, -0.2) is 8.42 Å². The molecule has 0 saturated carbocycles. The van der Waals surface area contributed by atoms with E-state index < -0.39 is 21.7 Å². The molecule has 1 aromatic heterocycles. The summed E-state index contributed by atoms with van der Waals surface area (Å²) in [5.74, 6) is -1.86. The van der Waals surface area contributed by atoms with E-state index in [1.54, 1.807) is 36.4 Å². The summed E-state index contributed by atoms with van der Waals surface area (Å²) in [5, 5.41) is 3.06. The maximum absolute atomic E-state index is 12.7. The second-order valence-corrected chi connectivity index (χ2v) is 7.77. The highest BCUT2D eigenvalue weighted by Gasteiger charge is 2.24. The van der Waals surface area contributed by atoms with Crippen LogP contribution in [-0.4, -0.2) is 26.0 Å². The Hall–Kier alpha value is -3.13. The highest BCUT2D eigenvalue weighted by Crippen LogP contribution is 2.31. The lowest BCUT2D eigenvalue weighted by molar-refractivity contribution is 0.0977. The van der Waals surface area contributed by atoms with E-state index in [-0.39, 0.29) is 27.7 Å². The van der Waals surface area contributed by atoms with E-state index in [9.17, 15) is 18.0 Å². The molecule has 0 aliphatic carbocycles. The number of primary amides is 1. The van der Waals surface area contributed by atoms with E-state index >= 15 is 0 Å². The van der Waals surface area contributed by atoms with E-state index in [1.165, 1.54) is 19.1 Å². The second kappa shape index (κ2) is 6.64. The smallest absolute Gasteiger partial charge is 0.286 e. The van der Waals surface area contributed by atoms with Crippen LogP contribution in [0.25, 0.3) is 11.0 Å². The standard InChI is InChI=1S/C18H16N2O5S/c1-2-26(23,24)14-10-6-4-8-12(14)18(22)20-15-11-7-3-5-9-13(11)25-16(15)17(19)21/h3-10H,2H2,1H3,(H2,19,21)(H,20,22). The maximum Gasteiger partial charge on any atom is 0.286 e. The molecule has 7 nitrogen and oxygen atoms in total. The average molecular weight is 372 g/mol. The molecule has 0 bridgehead atoms. The topological polar surface area (TPSA) is 119 Å². The molecule has 3 N–H and O–H groups in total. The normalized spacial score (nSPS) is 11.4. The van der Waals surface area contributed by atoms with Crippen molar-refractivity contribution in [3.05, 3.63) is 59.9 Å². The summed E-state index contributed by atoms with van der Waals surface area (Å²) in [4.78, 5) is 24.3. The molecule has 134 valence electrons. The Morgan fingerprint density at radius 3 is 2.42 bits per heavy atom. The Balaban J connectivity index is 2.09. The molecule has 0 radical (unpaired) electrons.